The molecule has 0 unspecified atom stereocenters. The highest BCUT2D eigenvalue weighted by Gasteiger charge is 2.03. The largest absolute Gasteiger partial charge is 0.338 e. The third kappa shape index (κ3) is 2.57. The number of para-hydroxylation sites is 1. The molecule has 2 nitrogen and oxygen atoms in total. The average molecular weight is 295 g/mol. The van der Waals surface area contributed by atoms with Gasteiger partial charge in [-0.25, -0.2) is 4.98 Å². The third-order valence-corrected chi connectivity index (χ3v) is 3.55. The quantitative estimate of drug-likeness (QED) is 0.854. The highest BCUT2D eigenvalue weighted by Crippen LogP contribution is 2.29. The predicted octanol–water partition coefficient (Wildman–Crippen LogP) is 4.31. The van der Waals surface area contributed by atoms with Gasteiger partial charge in [0.1, 0.15) is 5.82 Å². The third-order valence-electron chi connectivity index (χ3n) is 2.12. The first kappa shape index (κ1) is 11.5. The Morgan fingerprint density at radius 2 is 2.00 bits per heavy atom. The lowest BCUT2D eigenvalue weighted by Crippen LogP contribution is -1.95. The number of benzene rings is 1. The lowest BCUT2D eigenvalue weighted by Gasteiger charge is -2.10. The molecule has 0 aliphatic heterocycles. The monoisotopic (exact) mass is 294 g/mol. The summed E-state index contributed by atoms with van der Waals surface area (Å²) in [4.78, 5) is 5.49. The minimum Gasteiger partial charge on any atom is -0.338 e. The van der Waals surface area contributed by atoms with Crippen molar-refractivity contribution in [3.8, 4) is 0 Å². The summed E-state index contributed by atoms with van der Waals surface area (Å²) >= 11 is 5.18. The smallest absolute Gasteiger partial charge is 0.144 e. The molecule has 1 N–H and O–H groups in total. The van der Waals surface area contributed by atoms with Gasteiger partial charge in [-0.2, -0.15) is 0 Å². The van der Waals surface area contributed by atoms with Crippen LogP contribution in [0.5, 0.6) is 0 Å². The molecule has 0 amide bonds. The molecule has 0 saturated heterocycles. The van der Waals surface area contributed by atoms with Crippen molar-refractivity contribution in [3.63, 3.8) is 0 Å². The van der Waals surface area contributed by atoms with Gasteiger partial charge >= 0.3 is 0 Å². The van der Waals surface area contributed by atoms with E-state index in [1.165, 1.54) is 4.90 Å². The number of nitrogens with one attached hydrogen (secondary N) is 1. The fraction of sp³-hybridized carbons (Fsp3) is 0.0833. The van der Waals surface area contributed by atoms with Crippen LogP contribution in [-0.2, 0) is 0 Å². The van der Waals surface area contributed by atoms with Gasteiger partial charge in [-0.3, -0.25) is 0 Å². The molecule has 1 aromatic heterocycles. The summed E-state index contributed by atoms with van der Waals surface area (Å²) in [5.74, 6) is 0.837. The fourth-order valence-corrected chi connectivity index (χ4v) is 2.26. The van der Waals surface area contributed by atoms with Gasteiger partial charge in [0.2, 0.25) is 0 Å². The molecule has 0 radical (unpaired) electrons. The van der Waals surface area contributed by atoms with Crippen molar-refractivity contribution >= 4 is 39.2 Å². The van der Waals surface area contributed by atoms with Crippen molar-refractivity contribution in [2.24, 2.45) is 0 Å². The van der Waals surface area contributed by atoms with Crippen LogP contribution >= 0.6 is 27.7 Å². The van der Waals surface area contributed by atoms with Crippen LogP contribution in [0.15, 0.2) is 52.0 Å². The second-order valence-corrected chi connectivity index (χ2v) is 4.86. The van der Waals surface area contributed by atoms with Gasteiger partial charge in [0.05, 0.1) is 10.2 Å². The molecule has 0 fully saturated rings. The number of nitrogens with zero attached hydrogens (tertiary/aromatic N) is 1. The van der Waals surface area contributed by atoms with E-state index >= 15 is 0 Å². The second-order valence-electron chi connectivity index (χ2n) is 3.16. The van der Waals surface area contributed by atoms with Gasteiger partial charge in [-0.1, -0.05) is 12.1 Å². The minimum absolute atomic E-state index is 0.837. The van der Waals surface area contributed by atoms with E-state index in [1.54, 1.807) is 18.0 Å². The lowest BCUT2D eigenvalue weighted by molar-refractivity contribution is 1.27. The van der Waals surface area contributed by atoms with Crippen LogP contribution in [0, 0.1) is 0 Å². The van der Waals surface area contributed by atoms with E-state index in [0.717, 1.165) is 16.0 Å². The Morgan fingerprint density at radius 1 is 1.19 bits per heavy atom. The average Bonchev–Trinajstić information content (AvgIpc) is 2.33. The van der Waals surface area contributed by atoms with Crippen molar-refractivity contribution in [2.45, 2.75) is 4.90 Å². The fourth-order valence-electron chi connectivity index (χ4n) is 1.35. The first-order chi connectivity index (χ1) is 7.81. The Bertz CT molecular complexity index is 488. The molecular weight excluding hydrogens is 284 g/mol. The number of hydrogen-bond acceptors (Lipinski definition) is 3. The van der Waals surface area contributed by atoms with Crippen LogP contribution in [0.25, 0.3) is 0 Å². The standard InChI is InChI=1S/C12H11BrN2S/c1-16-11-7-3-2-6-10(11)15-12-9(13)5-4-8-14-12/h2-8H,1H3,(H,14,15). The van der Waals surface area contributed by atoms with E-state index in [1.807, 2.05) is 30.3 Å². The summed E-state index contributed by atoms with van der Waals surface area (Å²) in [7, 11) is 0. The number of halogens is 1. The van der Waals surface area contributed by atoms with Gasteiger partial charge in [0, 0.05) is 11.1 Å². The van der Waals surface area contributed by atoms with Crippen LogP contribution in [-0.4, -0.2) is 11.2 Å². The zero-order valence-corrected chi connectivity index (χ0v) is 11.2. The second kappa shape index (κ2) is 5.37. The maximum absolute atomic E-state index is 4.28. The first-order valence-electron chi connectivity index (χ1n) is 4.82. The zero-order valence-electron chi connectivity index (χ0n) is 8.77. The molecule has 1 heterocycles. The van der Waals surface area contributed by atoms with E-state index in [9.17, 15) is 0 Å². The maximum Gasteiger partial charge on any atom is 0.144 e. The molecule has 0 atom stereocenters. The Hall–Kier alpha value is -1.00. The van der Waals surface area contributed by atoms with E-state index < -0.39 is 0 Å². The Morgan fingerprint density at radius 3 is 2.75 bits per heavy atom. The highest BCUT2D eigenvalue weighted by atomic mass is 79.9. The summed E-state index contributed by atoms with van der Waals surface area (Å²) in [6.07, 6.45) is 3.84. The number of aromatic nitrogens is 1. The highest BCUT2D eigenvalue weighted by molar-refractivity contribution is 9.10. The Balaban J connectivity index is 2.30. The van der Waals surface area contributed by atoms with Crippen molar-refractivity contribution < 1.29 is 0 Å². The number of thioether (sulfide) groups is 1. The van der Waals surface area contributed by atoms with Gasteiger partial charge in [-0.05, 0) is 46.5 Å². The number of hydrogen-bond donors (Lipinski definition) is 1. The molecule has 0 spiro atoms. The zero-order chi connectivity index (χ0) is 11.4. The molecule has 0 saturated carbocycles. The van der Waals surface area contributed by atoms with Gasteiger partial charge in [0.25, 0.3) is 0 Å². The molecule has 82 valence electrons. The number of rotatable bonds is 3. The summed E-state index contributed by atoms with van der Waals surface area (Å²) in [6.45, 7) is 0. The maximum atomic E-state index is 4.28. The SMILES string of the molecule is CSc1ccccc1Nc1ncccc1Br. The van der Waals surface area contributed by atoms with Crippen molar-refractivity contribution in [1.29, 1.82) is 0 Å². The molecule has 1 aromatic carbocycles. The molecule has 2 aromatic rings. The minimum atomic E-state index is 0.837. The summed E-state index contributed by atoms with van der Waals surface area (Å²) in [5.41, 5.74) is 1.08. The van der Waals surface area contributed by atoms with Crippen LogP contribution in [0.3, 0.4) is 0 Å². The Labute approximate surface area is 108 Å². The summed E-state index contributed by atoms with van der Waals surface area (Å²) in [6, 6.07) is 12.0. The molecule has 0 bridgehead atoms. The normalized spacial score (nSPS) is 10.1. The van der Waals surface area contributed by atoms with Gasteiger partial charge < -0.3 is 5.32 Å². The van der Waals surface area contributed by atoms with Gasteiger partial charge in [0.15, 0.2) is 0 Å². The van der Waals surface area contributed by atoms with E-state index in [0.29, 0.717) is 0 Å². The van der Waals surface area contributed by atoms with E-state index in [-0.39, 0.29) is 0 Å². The number of anilines is 2. The molecule has 16 heavy (non-hydrogen) atoms. The Kier molecular flexibility index (Phi) is 3.85. The van der Waals surface area contributed by atoms with Crippen LogP contribution in [0.2, 0.25) is 0 Å². The summed E-state index contributed by atoms with van der Waals surface area (Å²) in [5, 5.41) is 3.31. The predicted molar refractivity (Wildman–Crippen MR) is 73.4 cm³/mol. The molecule has 2 rings (SSSR count). The molecule has 0 aliphatic carbocycles. The summed E-state index contributed by atoms with van der Waals surface area (Å²) < 4.78 is 0.964. The molecule has 0 aliphatic rings. The number of pyridine rings is 1. The van der Waals surface area contributed by atoms with Crippen molar-refractivity contribution in [2.75, 3.05) is 11.6 Å². The topological polar surface area (TPSA) is 24.9 Å². The lowest BCUT2D eigenvalue weighted by atomic mass is 10.3. The van der Waals surface area contributed by atoms with Crippen LogP contribution in [0.4, 0.5) is 11.5 Å². The van der Waals surface area contributed by atoms with Crippen LogP contribution < -0.4 is 5.32 Å². The van der Waals surface area contributed by atoms with E-state index in [4.69, 9.17) is 0 Å². The first-order valence-corrected chi connectivity index (χ1v) is 6.83. The van der Waals surface area contributed by atoms with Crippen LogP contribution in [0.1, 0.15) is 0 Å². The van der Waals surface area contributed by atoms with Gasteiger partial charge in [-0.15, -0.1) is 11.8 Å². The van der Waals surface area contributed by atoms with E-state index in [2.05, 4.69) is 38.6 Å². The van der Waals surface area contributed by atoms with Crippen molar-refractivity contribution in [3.05, 3.63) is 47.1 Å². The molecule has 4 heteroatoms. The van der Waals surface area contributed by atoms with Crippen molar-refractivity contribution in [1.82, 2.24) is 4.98 Å². The molecular formula is C12H11BrN2S.